The fourth-order valence-electron chi connectivity index (χ4n) is 1.57. The molecule has 1 unspecified atom stereocenters. The highest BCUT2D eigenvalue weighted by molar-refractivity contribution is 9.10. The molecule has 0 heterocycles. The molecule has 0 aliphatic carbocycles. The zero-order valence-corrected chi connectivity index (χ0v) is 10.5. The number of aryl methyl sites for hydroxylation is 1. The highest BCUT2D eigenvalue weighted by atomic mass is 79.9. The molecule has 3 N–H and O–H groups in total. The van der Waals surface area contributed by atoms with Crippen molar-refractivity contribution in [1.29, 1.82) is 0 Å². The summed E-state index contributed by atoms with van der Waals surface area (Å²) in [5, 5.41) is 9.95. The summed E-state index contributed by atoms with van der Waals surface area (Å²) < 4.78 is 6.15. The molecule has 1 rings (SSSR count). The van der Waals surface area contributed by atoms with Gasteiger partial charge in [0.15, 0.2) is 0 Å². The van der Waals surface area contributed by atoms with Gasteiger partial charge in [0.1, 0.15) is 5.75 Å². The Morgan fingerprint density at radius 2 is 2.20 bits per heavy atom. The second-order valence-electron chi connectivity index (χ2n) is 3.40. The summed E-state index contributed by atoms with van der Waals surface area (Å²) in [6, 6.07) is 3.86. The van der Waals surface area contributed by atoms with Crippen LogP contribution in [0.4, 0.5) is 0 Å². The number of hydrogen-bond donors (Lipinski definition) is 2. The fourth-order valence-corrected chi connectivity index (χ4v) is 2.14. The van der Waals surface area contributed by atoms with Crippen molar-refractivity contribution >= 4 is 15.9 Å². The standard InChI is InChI=1S/C11H16BrNO2/c1-7-3-4-8(12)10(11(7)15-2)9(14)5-6-13/h3-4,9,14H,5-6,13H2,1-2H3. The van der Waals surface area contributed by atoms with Gasteiger partial charge in [-0.15, -0.1) is 0 Å². The first-order valence-corrected chi connectivity index (χ1v) is 5.62. The van der Waals surface area contributed by atoms with Crippen LogP contribution in [0.15, 0.2) is 16.6 Å². The first-order chi connectivity index (χ1) is 7.11. The lowest BCUT2D eigenvalue weighted by Gasteiger charge is -2.17. The van der Waals surface area contributed by atoms with Crippen molar-refractivity contribution in [3.05, 3.63) is 27.7 Å². The molecular weight excluding hydrogens is 258 g/mol. The summed E-state index contributed by atoms with van der Waals surface area (Å²) in [4.78, 5) is 0. The number of ether oxygens (including phenoxy) is 1. The van der Waals surface area contributed by atoms with Crippen molar-refractivity contribution in [3.8, 4) is 5.75 Å². The Bertz CT molecular complexity index is 342. The first-order valence-electron chi connectivity index (χ1n) is 4.83. The maximum atomic E-state index is 9.95. The van der Waals surface area contributed by atoms with Crippen LogP contribution in [0.5, 0.6) is 5.75 Å². The van der Waals surface area contributed by atoms with Crippen LogP contribution in [0.25, 0.3) is 0 Å². The largest absolute Gasteiger partial charge is 0.496 e. The maximum absolute atomic E-state index is 9.95. The highest BCUT2D eigenvalue weighted by Gasteiger charge is 2.17. The third-order valence-corrected chi connectivity index (χ3v) is 3.01. The molecule has 3 nitrogen and oxygen atoms in total. The number of nitrogens with two attached hydrogens (primary N) is 1. The van der Waals surface area contributed by atoms with Gasteiger partial charge in [0.25, 0.3) is 0 Å². The van der Waals surface area contributed by atoms with Crippen LogP contribution < -0.4 is 10.5 Å². The van der Waals surface area contributed by atoms with Gasteiger partial charge in [-0.1, -0.05) is 22.0 Å². The summed E-state index contributed by atoms with van der Waals surface area (Å²) in [5.41, 5.74) is 7.22. The number of rotatable bonds is 4. The van der Waals surface area contributed by atoms with E-state index in [1.165, 1.54) is 0 Å². The number of aliphatic hydroxyl groups is 1. The van der Waals surface area contributed by atoms with Crippen LogP contribution in [0.3, 0.4) is 0 Å². The van der Waals surface area contributed by atoms with E-state index in [4.69, 9.17) is 10.5 Å². The van der Waals surface area contributed by atoms with Gasteiger partial charge in [-0.3, -0.25) is 0 Å². The second-order valence-corrected chi connectivity index (χ2v) is 4.26. The number of methoxy groups -OCH3 is 1. The second kappa shape index (κ2) is 5.49. The van der Waals surface area contributed by atoms with E-state index in [0.717, 1.165) is 21.3 Å². The Hall–Kier alpha value is -0.580. The lowest BCUT2D eigenvalue weighted by molar-refractivity contribution is 0.165. The van der Waals surface area contributed by atoms with Crippen LogP contribution in [0.2, 0.25) is 0 Å². The Morgan fingerprint density at radius 3 is 2.73 bits per heavy atom. The fraction of sp³-hybridized carbons (Fsp3) is 0.455. The Balaban J connectivity index is 3.18. The molecule has 1 atom stereocenters. The summed E-state index contributed by atoms with van der Waals surface area (Å²) in [6.45, 7) is 2.40. The predicted octanol–water partition coefficient (Wildman–Crippen LogP) is 2.15. The van der Waals surface area contributed by atoms with Crippen molar-refractivity contribution in [2.75, 3.05) is 13.7 Å². The van der Waals surface area contributed by atoms with Gasteiger partial charge in [0, 0.05) is 10.0 Å². The van der Waals surface area contributed by atoms with E-state index in [1.807, 2.05) is 19.1 Å². The van der Waals surface area contributed by atoms with Crippen LogP contribution in [0, 0.1) is 6.92 Å². The minimum Gasteiger partial charge on any atom is -0.496 e. The molecule has 84 valence electrons. The summed E-state index contributed by atoms with van der Waals surface area (Å²) in [6.07, 6.45) is -0.0578. The van der Waals surface area contributed by atoms with Crippen LogP contribution in [0.1, 0.15) is 23.7 Å². The Labute approximate surface area is 98.4 Å². The summed E-state index contributed by atoms with van der Waals surface area (Å²) in [7, 11) is 1.60. The van der Waals surface area contributed by atoms with E-state index in [2.05, 4.69) is 15.9 Å². The van der Waals surface area contributed by atoms with E-state index in [0.29, 0.717) is 13.0 Å². The quantitative estimate of drug-likeness (QED) is 0.884. The smallest absolute Gasteiger partial charge is 0.128 e. The van der Waals surface area contributed by atoms with Gasteiger partial charge in [-0.05, 0) is 31.5 Å². The molecule has 0 bridgehead atoms. The SMILES string of the molecule is COc1c(C)ccc(Br)c1C(O)CCN. The third kappa shape index (κ3) is 2.71. The lowest BCUT2D eigenvalue weighted by Crippen LogP contribution is -2.09. The van der Waals surface area contributed by atoms with E-state index in [-0.39, 0.29) is 0 Å². The number of benzene rings is 1. The third-order valence-electron chi connectivity index (χ3n) is 2.32. The van der Waals surface area contributed by atoms with Gasteiger partial charge in [0.05, 0.1) is 13.2 Å². The van der Waals surface area contributed by atoms with Gasteiger partial charge in [0.2, 0.25) is 0 Å². The minimum absolute atomic E-state index is 0.449. The normalized spacial score (nSPS) is 12.6. The van der Waals surface area contributed by atoms with E-state index in [9.17, 15) is 5.11 Å². The molecule has 0 aromatic heterocycles. The van der Waals surface area contributed by atoms with Crippen molar-refractivity contribution < 1.29 is 9.84 Å². The Morgan fingerprint density at radius 1 is 1.53 bits per heavy atom. The molecule has 0 fully saturated rings. The lowest BCUT2D eigenvalue weighted by atomic mass is 10.0. The van der Waals surface area contributed by atoms with Crippen molar-refractivity contribution in [1.82, 2.24) is 0 Å². The monoisotopic (exact) mass is 273 g/mol. The average Bonchev–Trinajstić information content (AvgIpc) is 2.21. The average molecular weight is 274 g/mol. The van der Waals surface area contributed by atoms with Crippen LogP contribution >= 0.6 is 15.9 Å². The van der Waals surface area contributed by atoms with Gasteiger partial charge >= 0.3 is 0 Å². The van der Waals surface area contributed by atoms with E-state index < -0.39 is 6.10 Å². The molecule has 1 aromatic carbocycles. The van der Waals surface area contributed by atoms with Crippen molar-refractivity contribution in [2.24, 2.45) is 5.73 Å². The van der Waals surface area contributed by atoms with Crippen molar-refractivity contribution in [3.63, 3.8) is 0 Å². The molecule has 15 heavy (non-hydrogen) atoms. The van der Waals surface area contributed by atoms with Gasteiger partial charge < -0.3 is 15.6 Å². The molecule has 4 heteroatoms. The van der Waals surface area contributed by atoms with E-state index >= 15 is 0 Å². The number of aliphatic hydroxyl groups excluding tert-OH is 1. The van der Waals surface area contributed by atoms with E-state index in [1.54, 1.807) is 7.11 Å². The predicted molar refractivity (Wildman–Crippen MR) is 64.1 cm³/mol. The maximum Gasteiger partial charge on any atom is 0.128 e. The minimum atomic E-state index is -0.584. The zero-order chi connectivity index (χ0) is 11.4. The molecule has 0 aliphatic rings. The molecule has 0 radical (unpaired) electrons. The topological polar surface area (TPSA) is 55.5 Å². The van der Waals surface area contributed by atoms with Crippen molar-refractivity contribution in [2.45, 2.75) is 19.4 Å². The van der Waals surface area contributed by atoms with Crippen LogP contribution in [-0.4, -0.2) is 18.8 Å². The number of halogens is 1. The molecule has 0 spiro atoms. The molecule has 0 aliphatic heterocycles. The Kier molecular flexibility index (Phi) is 4.57. The molecular formula is C11H16BrNO2. The molecule has 0 saturated heterocycles. The molecule has 0 amide bonds. The highest BCUT2D eigenvalue weighted by Crippen LogP contribution is 2.36. The summed E-state index contributed by atoms with van der Waals surface area (Å²) in [5.74, 6) is 0.727. The number of hydrogen-bond acceptors (Lipinski definition) is 3. The first kappa shape index (κ1) is 12.5. The molecule has 1 aromatic rings. The molecule has 0 saturated carbocycles. The van der Waals surface area contributed by atoms with Crippen LogP contribution in [-0.2, 0) is 0 Å². The van der Waals surface area contributed by atoms with Gasteiger partial charge in [-0.2, -0.15) is 0 Å². The van der Waals surface area contributed by atoms with Gasteiger partial charge in [-0.25, -0.2) is 0 Å². The zero-order valence-electron chi connectivity index (χ0n) is 8.96. The summed E-state index contributed by atoms with van der Waals surface area (Å²) >= 11 is 3.41.